The van der Waals surface area contributed by atoms with Gasteiger partial charge >= 0.3 is 0 Å². The van der Waals surface area contributed by atoms with E-state index >= 15 is 0 Å². The summed E-state index contributed by atoms with van der Waals surface area (Å²) in [6, 6.07) is 11.3. The van der Waals surface area contributed by atoms with E-state index in [1.807, 2.05) is 24.0 Å². The molecular weight excluding hydrogens is 416 g/mol. The lowest BCUT2D eigenvalue weighted by Crippen LogP contribution is -2.19. The molecule has 1 aliphatic heterocycles. The van der Waals surface area contributed by atoms with Crippen molar-refractivity contribution in [3.05, 3.63) is 82.1 Å². The molecule has 32 heavy (non-hydrogen) atoms. The first-order chi connectivity index (χ1) is 15.3. The van der Waals surface area contributed by atoms with Gasteiger partial charge in [0.2, 0.25) is 0 Å². The number of pyridine rings is 1. The summed E-state index contributed by atoms with van der Waals surface area (Å²) in [7, 11) is -1.50. The summed E-state index contributed by atoms with van der Waals surface area (Å²) < 4.78 is 5.63. The van der Waals surface area contributed by atoms with Crippen LogP contribution in [0.4, 0.5) is 0 Å². The minimum Gasteiger partial charge on any atom is -0.308 e. The van der Waals surface area contributed by atoms with E-state index in [1.54, 1.807) is 22.9 Å². The van der Waals surface area contributed by atoms with Gasteiger partial charge in [-0.25, -0.2) is 14.6 Å². The highest BCUT2D eigenvalue weighted by Crippen LogP contribution is 2.32. The Morgan fingerprint density at radius 2 is 2.00 bits per heavy atom. The number of aromatic nitrogens is 6. The second-order valence-electron chi connectivity index (χ2n) is 9.05. The van der Waals surface area contributed by atoms with Crippen LogP contribution in [-0.4, -0.2) is 37.0 Å². The van der Waals surface area contributed by atoms with Crippen LogP contribution in [0.3, 0.4) is 0 Å². The lowest BCUT2D eigenvalue weighted by atomic mass is 10.1. The van der Waals surface area contributed by atoms with Crippen molar-refractivity contribution in [1.29, 1.82) is 0 Å². The summed E-state index contributed by atoms with van der Waals surface area (Å²) in [5.74, 6) is 4.73. The Morgan fingerprint density at radius 1 is 1.16 bits per heavy atom. The maximum Gasteiger partial charge on any atom is 0.250 e. The van der Waals surface area contributed by atoms with Crippen LogP contribution in [0.1, 0.15) is 22.8 Å². The second-order valence-corrected chi connectivity index (χ2v) is 13.8. The Kier molecular flexibility index (Phi) is 4.71. The number of nitrogens with zero attached hydrogens (tertiary/aromatic N) is 6. The summed E-state index contributed by atoms with van der Waals surface area (Å²) in [5.41, 5.74) is 8.33. The van der Waals surface area contributed by atoms with Gasteiger partial charge in [0.15, 0.2) is 11.6 Å². The molecule has 0 atom stereocenters. The minimum atomic E-state index is -1.50. The molecular formula is C24H24N6OSi. The molecule has 160 valence electrons. The molecule has 0 bridgehead atoms. The van der Waals surface area contributed by atoms with Gasteiger partial charge in [-0.3, -0.25) is 4.79 Å². The van der Waals surface area contributed by atoms with Gasteiger partial charge in [0.05, 0.1) is 36.5 Å². The van der Waals surface area contributed by atoms with Gasteiger partial charge in [-0.1, -0.05) is 31.6 Å². The van der Waals surface area contributed by atoms with Crippen molar-refractivity contribution in [3.63, 3.8) is 0 Å². The van der Waals surface area contributed by atoms with E-state index in [9.17, 15) is 4.79 Å². The zero-order valence-corrected chi connectivity index (χ0v) is 19.6. The first-order valence-corrected chi connectivity index (χ1v) is 14.1. The molecule has 7 nitrogen and oxygen atoms in total. The van der Waals surface area contributed by atoms with Crippen molar-refractivity contribution < 1.29 is 0 Å². The lowest BCUT2D eigenvalue weighted by molar-refractivity contribution is 0.642. The van der Waals surface area contributed by atoms with Crippen molar-refractivity contribution in [3.8, 4) is 28.5 Å². The van der Waals surface area contributed by atoms with Gasteiger partial charge in [-0.05, 0) is 31.2 Å². The van der Waals surface area contributed by atoms with E-state index in [0.29, 0.717) is 18.9 Å². The number of imidazole rings is 1. The number of rotatable bonds is 2. The average Bonchev–Trinajstić information content (AvgIpc) is 3.28. The Morgan fingerprint density at radius 3 is 2.78 bits per heavy atom. The molecule has 0 saturated carbocycles. The molecule has 3 aromatic heterocycles. The van der Waals surface area contributed by atoms with Crippen LogP contribution in [0.25, 0.3) is 17.1 Å². The first kappa shape index (κ1) is 20.2. The van der Waals surface area contributed by atoms with Crippen LogP contribution < -0.4 is 5.56 Å². The van der Waals surface area contributed by atoms with Crippen LogP contribution in [0.15, 0.2) is 53.7 Å². The largest absolute Gasteiger partial charge is 0.308 e. The van der Waals surface area contributed by atoms with Crippen LogP contribution >= 0.6 is 0 Å². The predicted octanol–water partition coefficient (Wildman–Crippen LogP) is 3.24. The highest BCUT2D eigenvalue weighted by Gasteiger charge is 2.24. The summed E-state index contributed by atoms with van der Waals surface area (Å²) in [6.45, 7) is 9.59. The van der Waals surface area contributed by atoms with Gasteiger partial charge in [0.1, 0.15) is 8.07 Å². The first-order valence-electron chi connectivity index (χ1n) is 10.6. The predicted molar refractivity (Wildman–Crippen MR) is 126 cm³/mol. The third-order valence-electron chi connectivity index (χ3n) is 5.38. The fourth-order valence-electron chi connectivity index (χ4n) is 3.77. The Balaban J connectivity index is 1.66. The second kappa shape index (κ2) is 7.46. The molecule has 8 heteroatoms. The molecule has 5 rings (SSSR count). The fourth-order valence-corrected chi connectivity index (χ4v) is 4.29. The van der Waals surface area contributed by atoms with Gasteiger partial charge in [0, 0.05) is 23.4 Å². The molecule has 0 unspecified atom stereocenters. The number of aryl methyl sites for hydroxylation is 1. The highest BCUT2D eigenvalue weighted by molar-refractivity contribution is 6.83. The molecule has 0 spiro atoms. The number of fused-ring (bicyclic) bond motifs is 5. The van der Waals surface area contributed by atoms with E-state index < -0.39 is 8.07 Å². The summed E-state index contributed by atoms with van der Waals surface area (Å²) in [6.07, 6.45) is 3.61. The molecule has 0 amide bonds. The third-order valence-corrected chi connectivity index (χ3v) is 6.26. The molecule has 1 aliphatic rings. The van der Waals surface area contributed by atoms with E-state index in [2.05, 4.69) is 58.9 Å². The maximum absolute atomic E-state index is 12.2. The Labute approximate surface area is 187 Å². The van der Waals surface area contributed by atoms with Crippen LogP contribution in [0, 0.1) is 18.4 Å². The molecule has 0 fully saturated rings. The zero-order valence-electron chi connectivity index (χ0n) is 18.6. The van der Waals surface area contributed by atoms with Gasteiger partial charge in [-0.2, -0.15) is 5.10 Å². The van der Waals surface area contributed by atoms with E-state index in [4.69, 9.17) is 10.1 Å². The highest BCUT2D eigenvalue weighted by atomic mass is 28.3. The Hall–Kier alpha value is -3.70. The van der Waals surface area contributed by atoms with Crippen molar-refractivity contribution in [2.75, 3.05) is 0 Å². The van der Waals surface area contributed by atoms with Crippen LogP contribution in [0.2, 0.25) is 19.6 Å². The molecule has 0 aliphatic carbocycles. The Bertz CT molecular complexity index is 1460. The van der Waals surface area contributed by atoms with Crippen LogP contribution in [-0.2, 0) is 13.1 Å². The topological polar surface area (TPSA) is 70.5 Å². The average molecular weight is 441 g/mol. The molecule has 4 heterocycles. The summed E-state index contributed by atoms with van der Waals surface area (Å²) in [4.78, 5) is 21.5. The number of hydrogen-bond acceptors (Lipinski definition) is 4. The van der Waals surface area contributed by atoms with E-state index in [-0.39, 0.29) is 5.56 Å². The summed E-state index contributed by atoms with van der Waals surface area (Å²) in [5, 5.41) is 4.76. The van der Waals surface area contributed by atoms with Crippen LogP contribution in [0.5, 0.6) is 0 Å². The van der Waals surface area contributed by atoms with E-state index in [0.717, 1.165) is 34.0 Å². The smallest absolute Gasteiger partial charge is 0.250 e. The normalized spacial score (nSPS) is 12.2. The number of hydrogen-bond donors (Lipinski definition) is 0. The maximum atomic E-state index is 12.2. The van der Waals surface area contributed by atoms with Gasteiger partial charge in [-0.15, -0.1) is 5.54 Å². The standard InChI is InChI=1S/C24H24N6OSi/c1-17-21-14-30-24(26-22(27-30)15-28-11-6-5-7-23(28)31)19-13-18(10-12-32(2,3)4)8-9-20(19)29(21)16-25-17/h5-9,11,13,16H,14-15H2,1-4H3. The van der Waals surface area contributed by atoms with Gasteiger partial charge in [0.25, 0.3) is 5.56 Å². The van der Waals surface area contributed by atoms with Crippen molar-refractivity contribution in [2.24, 2.45) is 0 Å². The number of benzene rings is 1. The lowest BCUT2D eigenvalue weighted by Gasteiger charge is -2.09. The minimum absolute atomic E-state index is 0.0734. The molecule has 0 N–H and O–H groups in total. The van der Waals surface area contributed by atoms with Crippen molar-refractivity contribution >= 4 is 8.07 Å². The third kappa shape index (κ3) is 3.72. The molecule has 4 aromatic rings. The summed E-state index contributed by atoms with van der Waals surface area (Å²) >= 11 is 0. The zero-order chi connectivity index (χ0) is 22.5. The molecule has 0 saturated heterocycles. The monoisotopic (exact) mass is 440 g/mol. The van der Waals surface area contributed by atoms with Gasteiger partial charge < -0.3 is 9.13 Å². The molecule has 1 aromatic carbocycles. The van der Waals surface area contributed by atoms with Crippen molar-refractivity contribution in [1.82, 2.24) is 28.9 Å². The quantitative estimate of drug-likeness (QED) is 0.312. The molecule has 0 radical (unpaired) electrons. The fraction of sp³-hybridized carbons (Fsp3) is 0.250. The van der Waals surface area contributed by atoms with E-state index in [1.165, 1.54) is 0 Å². The SMILES string of the molecule is Cc1ncn2c1Cn1nc(Cn3ccccc3=O)nc1-c1cc(C#C[Si](C)(C)C)ccc1-2. The van der Waals surface area contributed by atoms with Crippen molar-refractivity contribution in [2.45, 2.75) is 39.7 Å².